The summed E-state index contributed by atoms with van der Waals surface area (Å²) in [5.74, 6) is 1.38. The second-order valence-corrected chi connectivity index (χ2v) is 7.56. The molecule has 0 saturated heterocycles. The highest BCUT2D eigenvalue weighted by atomic mass is 32.1. The molecule has 0 spiro atoms. The largest absolute Gasteiger partial charge is 0.494 e. The van der Waals surface area contributed by atoms with Gasteiger partial charge in [-0.1, -0.05) is 0 Å². The quantitative estimate of drug-likeness (QED) is 0.457. The number of hydrogen-bond acceptors (Lipinski definition) is 7. The Balaban J connectivity index is 1.37. The van der Waals surface area contributed by atoms with E-state index in [9.17, 15) is 4.79 Å². The van der Waals surface area contributed by atoms with Gasteiger partial charge >= 0.3 is 0 Å². The molecule has 0 saturated carbocycles. The van der Waals surface area contributed by atoms with Crippen molar-refractivity contribution in [3.05, 3.63) is 59.1 Å². The molecule has 0 aliphatic carbocycles. The van der Waals surface area contributed by atoms with E-state index in [2.05, 4.69) is 15.3 Å². The summed E-state index contributed by atoms with van der Waals surface area (Å²) in [5.41, 5.74) is 2.50. The van der Waals surface area contributed by atoms with Crippen LogP contribution in [-0.4, -0.2) is 22.5 Å². The summed E-state index contributed by atoms with van der Waals surface area (Å²) in [6.45, 7) is 2.58. The number of anilines is 1. The molecule has 0 aliphatic heterocycles. The van der Waals surface area contributed by atoms with Gasteiger partial charge < -0.3 is 14.5 Å². The zero-order chi connectivity index (χ0) is 19.3. The smallest absolute Gasteiger partial charge is 0.232 e. The van der Waals surface area contributed by atoms with Crippen molar-refractivity contribution in [2.45, 2.75) is 13.3 Å². The molecule has 0 fully saturated rings. The summed E-state index contributed by atoms with van der Waals surface area (Å²) in [5, 5.41) is 7.96. The van der Waals surface area contributed by atoms with Crippen LogP contribution in [0.15, 0.2) is 57.8 Å². The molecule has 0 atom stereocenters. The van der Waals surface area contributed by atoms with Crippen LogP contribution in [0.2, 0.25) is 0 Å². The summed E-state index contributed by atoms with van der Waals surface area (Å²) >= 11 is 2.85. The normalized spacial score (nSPS) is 10.8. The first-order chi connectivity index (χ1) is 13.7. The number of carbonyl (C=O) groups is 1. The molecule has 8 heteroatoms. The predicted octanol–water partition coefficient (Wildman–Crippen LogP) is 5.11. The second kappa shape index (κ2) is 8.37. The first-order valence-electron chi connectivity index (χ1n) is 8.68. The average molecular weight is 412 g/mol. The van der Waals surface area contributed by atoms with Crippen LogP contribution in [0, 0.1) is 0 Å². The monoisotopic (exact) mass is 411 g/mol. The van der Waals surface area contributed by atoms with E-state index < -0.39 is 0 Å². The fourth-order valence-electron chi connectivity index (χ4n) is 2.58. The van der Waals surface area contributed by atoms with Gasteiger partial charge in [-0.3, -0.25) is 4.79 Å². The second-order valence-electron chi connectivity index (χ2n) is 5.84. The molecule has 0 aliphatic rings. The predicted molar refractivity (Wildman–Crippen MR) is 111 cm³/mol. The lowest BCUT2D eigenvalue weighted by molar-refractivity contribution is -0.115. The Hall–Kier alpha value is -2.97. The third-order valence-corrected chi connectivity index (χ3v) is 5.50. The number of rotatable bonds is 7. The minimum atomic E-state index is -0.149. The summed E-state index contributed by atoms with van der Waals surface area (Å²) < 4.78 is 10.8. The van der Waals surface area contributed by atoms with E-state index in [1.165, 1.54) is 22.7 Å². The average Bonchev–Trinajstić information content (AvgIpc) is 3.44. The molecule has 1 N–H and O–H groups in total. The van der Waals surface area contributed by atoms with E-state index in [4.69, 9.17) is 9.15 Å². The fraction of sp³-hybridized carbons (Fsp3) is 0.150. The Morgan fingerprint density at radius 3 is 2.75 bits per heavy atom. The highest BCUT2D eigenvalue weighted by Crippen LogP contribution is 2.27. The molecule has 0 radical (unpaired) electrons. The molecule has 1 aromatic carbocycles. The van der Waals surface area contributed by atoms with Gasteiger partial charge in [0.25, 0.3) is 0 Å². The number of ether oxygens (including phenoxy) is 1. The Bertz CT molecular complexity index is 1050. The van der Waals surface area contributed by atoms with E-state index in [1.54, 1.807) is 6.26 Å². The minimum absolute atomic E-state index is 0.149. The topological polar surface area (TPSA) is 77.2 Å². The number of furan rings is 1. The standard InChI is InChI=1S/C20H17N3O3S2/c1-2-25-15-7-5-13(6-8-15)16-12-28-20(22-16)23-18(24)10-14-11-27-19(21-14)17-4-3-9-26-17/h3-9,11-12H,2,10H2,1H3,(H,22,23,24). The van der Waals surface area contributed by atoms with Crippen LogP contribution >= 0.6 is 22.7 Å². The van der Waals surface area contributed by atoms with Crippen molar-refractivity contribution in [1.29, 1.82) is 0 Å². The first kappa shape index (κ1) is 18.4. The van der Waals surface area contributed by atoms with Gasteiger partial charge in [-0.15, -0.1) is 22.7 Å². The molecule has 0 bridgehead atoms. The number of amides is 1. The van der Waals surface area contributed by atoms with Crippen molar-refractivity contribution < 1.29 is 13.9 Å². The van der Waals surface area contributed by atoms with Crippen LogP contribution < -0.4 is 10.1 Å². The summed E-state index contributed by atoms with van der Waals surface area (Å²) in [6, 6.07) is 11.4. The fourth-order valence-corrected chi connectivity index (χ4v) is 4.10. The molecule has 4 aromatic rings. The third-order valence-electron chi connectivity index (χ3n) is 3.84. The van der Waals surface area contributed by atoms with Gasteiger partial charge in [0, 0.05) is 16.3 Å². The van der Waals surface area contributed by atoms with Gasteiger partial charge in [0.15, 0.2) is 15.9 Å². The molecule has 1 amide bonds. The number of nitrogens with one attached hydrogen (secondary N) is 1. The molecule has 142 valence electrons. The van der Waals surface area contributed by atoms with Crippen LogP contribution in [0.4, 0.5) is 5.13 Å². The van der Waals surface area contributed by atoms with Gasteiger partial charge in [0.2, 0.25) is 5.91 Å². The Kier molecular flexibility index (Phi) is 5.50. The lowest BCUT2D eigenvalue weighted by Gasteiger charge is -2.03. The number of hydrogen-bond donors (Lipinski definition) is 1. The third kappa shape index (κ3) is 4.29. The van der Waals surface area contributed by atoms with Crippen molar-refractivity contribution in [3.8, 4) is 27.8 Å². The number of nitrogens with zero attached hydrogens (tertiary/aromatic N) is 2. The van der Waals surface area contributed by atoms with Crippen LogP contribution in [0.3, 0.4) is 0 Å². The first-order valence-corrected chi connectivity index (χ1v) is 10.4. The summed E-state index contributed by atoms with van der Waals surface area (Å²) in [6.07, 6.45) is 1.79. The SMILES string of the molecule is CCOc1ccc(-c2csc(NC(=O)Cc3csc(-c4ccco4)n3)n2)cc1. The van der Waals surface area contributed by atoms with E-state index in [0.29, 0.717) is 23.2 Å². The van der Waals surface area contributed by atoms with Crippen molar-refractivity contribution in [1.82, 2.24) is 9.97 Å². The van der Waals surface area contributed by atoms with Crippen molar-refractivity contribution in [2.24, 2.45) is 0 Å². The van der Waals surface area contributed by atoms with Gasteiger partial charge in [-0.25, -0.2) is 9.97 Å². The van der Waals surface area contributed by atoms with Crippen molar-refractivity contribution in [2.75, 3.05) is 11.9 Å². The maximum Gasteiger partial charge on any atom is 0.232 e. The van der Waals surface area contributed by atoms with Crippen LogP contribution in [0.5, 0.6) is 5.75 Å². The Labute approximate surface area is 169 Å². The van der Waals surface area contributed by atoms with E-state index in [0.717, 1.165) is 22.0 Å². The number of thiazole rings is 2. The molecule has 3 heterocycles. The van der Waals surface area contributed by atoms with Gasteiger partial charge in [-0.05, 0) is 43.3 Å². The van der Waals surface area contributed by atoms with Crippen LogP contribution in [0.1, 0.15) is 12.6 Å². The Morgan fingerprint density at radius 2 is 2.00 bits per heavy atom. The summed E-state index contributed by atoms with van der Waals surface area (Å²) in [4.78, 5) is 21.3. The maximum absolute atomic E-state index is 12.3. The molecule has 6 nitrogen and oxygen atoms in total. The number of carbonyl (C=O) groups excluding carboxylic acids is 1. The van der Waals surface area contributed by atoms with E-state index in [-0.39, 0.29) is 12.3 Å². The van der Waals surface area contributed by atoms with Crippen LogP contribution in [-0.2, 0) is 11.2 Å². The van der Waals surface area contributed by atoms with E-state index >= 15 is 0 Å². The van der Waals surface area contributed by atoms with Gasteiger partial charge in [-0.2, -0.15) is 0 Å². The van der Waals surface area contributed by atoms with E-state index in [1.807, 2.05) is 54.1 Å². The molecule has 0 unspecified atom stereocenters. The molecular formula is C20H17N3O3S2. The van der Waals surface area contributed by atoms with Gasteiger partial charge in [0.05, 0.1) is 30.7 Å². The van der Waals surface area contributed by atoms with Gasteiger partial charge in [0.1, 0.15) is 5.75 Å². The zero-order valence-electron chi connectivity index (χ0n) is 15.0. The molecule has 28 heavy (non-hydrogen) atoms. The van der Waals surface area contributed by atoms with Crippen LogP contribution in [0.25, 0.3) is 22.0 Å². The molecular weight excluding hydrogens is 394 g/mol. The Morgan fingerprint density at radius 1 is 1.14 bits per heavy atom. The minimum Gasteiger partial charge on any atom is -0.494 e. The lowest BCUT2D eigenvalue weighted by atomic mass is 10.2. The zero-order valence-corrected chi connectivity index (χ0v) is 16.7. The number of aromatic nitrogens is 2. The summed E-state index contributed by atoms with van der Waals surface area (Å²) in [7, 11) is 0. The lowest BCUT2D eigenvalue weighted by Crippen LogP contribution is -2.14. The maximum atomic E-state index is 12.3. The highest BCUT2D eigenvalue weighted by molar-refractivity contribution is 7.14. The molecule has 4 rings (SSSR count). The van der Waals surface area contributed by atoms with Crippen molar-refractivity contribution in [3.63, 3.8) is 0 Å². The number of benzene rings is 1. The highest BCUT2D eigenvalue weighted by Gasteiger charge is 2.12. The molecule has 3 aromatic heterocycles. The van der Waals surface area contributed by atoms with Crippen molar-refractivity contribution >= 4 is 33.7 Å².